The van der Waals surface area contributed by atoms with E-state index in [1.807, 2.05) is 14.0 Å². The van der Waals surface area contributed by atoms with Gasteiger partial charge < -0.3 is 15.8 Å². The van der Waals surface area contributed by atoms with Crippen LogP contribution in [0.3, 0.4) is 0 Å². The third-order valence-corrected chi connectivity index (χ3v) is 3.61. The second-order valence-electron chi connectivity index (χ2n) is 5.07. The van der Waals surface area contributed by atoms with Gasteiger partial charge in [-0.25, -0.2) is 0 Å². The van der Waals surface area contributed by atoms with Gasteiger partial charge in [0.05, 0.1) is 6.17 Å². The zero-order valence-corrected chi connectivity index (χ0v) is 10.4. The second kappa shape index (κ2) is 4.98. The highest BCUT2D eigenvalue weighted by atomic mass is 16.6. The molecule has 94 valence electrons. The molecule has 2 saturated heterocycles. The molecule has 0 radical (unpaired) electrons. The van der Waals surface area contributed by atoms with Gasteiger partial charge in [0, 0.05) is 18.6 Å². The van der Waals surface area contributed by atoms with Crippen molar-refractivity contribution in [1.82, 2.24) is 15.5 Å². The number of nitrogens with one attached hydrogen (secondary N) is 2. The molecule has 0 aromatic carbocycles. The Morgan fingerprint density at radius 3 is 2.69 bits per heavy atom. The maximum atomic E-state index is 5.78. The quantitative estimate of drug-likeness (QED) is 0.555. The molecule has 0 bridgehead atoms. The number of nitrogens with zero attached hydrogens (tertiary/aromatic N) is 1. The van der Waals surface area contributed by atoms with E-state index in [4.69, 9.17) is 10.5 Å². The lowest BCUT2D eigenvalue weighted by molar-refractivity contribution is 0.127. The molecule has 0 aromatic heterocycles. The van der Waals surface area contributed by atoms with Gasteiger partial charge in [-0.3, -0.25) is 10.2 Å². The average Bonchev–Trinajstić information content (AvgIpc) is 2.97. The SMILES string of the molecule is CNC1CCC(NC2OC2C(C)N)CN1C. The minimum atomic E-state index is 0.129. The molecule has 2 aliphatic rings. The van der Waals surface area contributed by atoms with E-state index in [9.17, 15) is 0 Å². The number of hydrogen-bond donors (Lipinski definition) is 3. The van der Waals surface area contributed by atoms with Gasteiger partial charge in [0.15, 0.2) is 0 Å². The molecular formula is C11H24N4O. The number of rotatable bonds is 4. The van der Waals surface area contributed by atoms with Crippen LogP contribution in [0.1, 0.15) is 19.8 Å². The minimum Gasteiger partial charge on any atom is -0.352 e. The Morgan fingerprint density at radius 1 is 1.44 bits per heavy atom. The van der Waals surface area contributed by atoms with Crippen molar-refractivity contribution in [2.45, 2.75) is 50.3 Å². The summed E-state index contributed by atoms with van der Waals surface area (Å²) >= 11 is 0. The van der Waals surface area contributed by atoms with Crippen molar-refractivity contribution < 1.29 is 4.74 Å². The van der Waals surface area contributed by atoms with Gasteiger partial charge >= 0.3 is 0 Å². The fraction of sp³-hybridized carbons (Fsp3) is 1.00. The van der Waals surface area contributed by atoms with Crippen LogP contribution in [0.5, 0.6) is 0 Å². The molecule has 0 aliphatic carbocycles. The molecule has 0 amide bonds. The lowest BCUT2D eigenvalue weighted by Gasteiger charge is -2.37. The molecule has 2 heterocycles. The van der Waals surface area contributed by atoms with E-state index in [2.05, 4.69) is 22.6 Å². The summed E-state index contributed by atoms with van der Waals surface area (Å²) in [6.45, 7) is 3.06. The van der Waals surface area contributed by atoms with Crippen molar-refractivity contribution in [3.8, 4) is 0 Å². The minimum absolute atomic E-state index is 0.129. The van der Waals surface area contributed by atoms with Gasteiger partial charge in [-0.2, -0.15) is 0 Å². The summed E-state index contributed by atoms with van der Waals surface area (Å²) in [5, 5.41) is 6.84. The van der Waals surface area contributed by atoms with E-state index in [1.54, 1.807) is 0 Å². The number of ether oxygens (including phenoxy) is 1. The Morgan fingerprint density at radius 2 is 2.19 bits per heavy atom. The number of nitrogens with two attached hydrogens (primary N) is 1. The molecule has 16 heavy (non-hydrogen) atoms. The van der Waals surface area contributed by atoms with Crippen molar-refractivity contribution in [2.75, 3.05) is 20.6 Å². The van der Waals surface area contributed by atoms with Crippen molar-refractivity contribution in [3.63, 3.8) is 0 Å². The number of epoxide rings is 1. The highest BCUT2D eigenvalue weighted by Gasteiger charge is 2.43. The zero-order chi connectivity index (χ0) is 11.7. The Bertz CT molecular complexity index is 236. The summed E-state index contributed by atoms with van der Waals surface area (Å²) in [7, 11) is 4.18. The van der Waals surface area contributed by atoms with E-state index in [-0.39, 0.29) is 18.4 Å². The van der Waals surface area contributed by atoms with Crippen LogP contribution >= 0.6 is 0 Å². The van der Waals surface area contributed by atoms with Crippen molar-refractivity contribution in [2.24, 2.45) is 5.73 Å². The summed E-state index contributed by atoms with van der Waals surface area (Å²) < 4.78 is 5.50. The molecule has 5 unspecified atom stereocenters. The van der Waals surface area contributed by atoms with Gasteiger partial charge in [0.2, 0.25) is 0 Å². The molecule has 0 spiro atoms. The summed E-state index contributed by atoms with van der Waals surface area (Å²) in [6.07, 6.45) is 3.29. The van der Waals surface area contributed by atoms with E-state index < -0.39 is 0 Å². The van der Waals surface area contributed by atoms with Crippen LogP contribution in [0.2, 0.25) is 0 Å². The first-order valence-electron chi connectivity index (χ1n) is 6.16. The maximum absolute atomic E-state index is 5.78. The van der Waals surface area contributed by atoms with Gasteiger partial charge in [-0.05, 0) is 33.9 Å². The molecule has 2 aliphatic heterocycles. The lowest BCUT2D eigenvalue weighted by Crippen LogP contribution is -2.54. The van der Waals surface area contributed by atoms with Gasteiger partial charge in [0.1, 0.15) is 12.3 Å². The summed E-state index contributed by atoms with van der Waals surface area (Å²) in [6, 6.07) is 0.659. The predicted octanol–water partition coefficient (Wildman–Crippen LogP) is -0.712. The van der Waals surface area contributed by atoms with E-state index in [0.29, 0.717) is 12.2 Å². The smallest absolute Gasteiger partial charge is 0.137 e. The molecule has 5 nitrogen and oxygen atoms in total. The van der Waals surface area contributed by atoms with Gasteiger partial charge in [-0.1, -0.05) is 0 Å². The molecule has 2 rings (SSSR count). The monoisotopic (exact) mass is 228 g/mol. The van der Waals surface area contributed by atoms with Gasteiger partial charge in [0.25, 0.3) is 0 Å². The highest BCUT2D eigenvalue weighted by Crippen LogP contribution is 2.24. The van der Waals surface area contributed by atoms with E-state index >= 15 is 0 Å². The Labute approximate surface area is 97.7 Å². The fourth-order valence-corrected chi connectivity index (χ4v) is 2.54. The fourth-order valence-electron chi connectivity index (χ4n) is 2.54. The molecule has 2 fully saturated rings. The van der Waals surface area contributed by atoms with Crippen LogP contribution < -0.4 is 16.4 Å². The molecular weight excluding hydrogens is 204 g/mol. The topological polar surface area (TPSA) is 65.8 Å². The van der Waals surface area contributed by atoms with Crippen LogP contribution in [-0.4, -0.2) is 56.1 Å². The third-order valence-electron chi connectivity index (χ3n) is 3.61. The van der Waals surface area contributed by atoms with Crippen molar-refractivity contribution in [1.29, 1.82) is 0 Å². The Kier molecular flexibility index (Phi) is 3.81. The highest BCUT2D eigenvalue weighted by molar-refractivity contribution is 4.93. The summed E-state index contributed by atoms with van der Waals surface area (Å²) in [5.41, 5.74) is 5.78. The first-order valence-corrected chi connectivity index (χ1v) is 6.16. The lowest BCUT2D eigenvalue weighted by atomic mass is 10.0. The molecule has 0 saturated carbocycles. The van der Waals surface area contributed by atoms with Crippen LogP contribution in [0, 0.1) is 0 Å². The van der Waals surface area contributed by atoms with Crippen LogP contribution in [0.25, 0.3) is 0 Å². The molecule has 4 N–H and O–H groups in total. The van der Waals surface area contributed by atoms with Crippen LogP contribution in [0.4, 0.5) is 0 Å². The number of hydrogen-bond acceptors (Lipinski definition) is 5. The second-order valence-corrected chi connectivity index (χ2v) is 5.07. The third kappa shape index (κ3) is 2.73. The number of piperidine rings is 1. The largest absolute Gasteiger partial charge is 0.352 e. The number of likely N-dealkylation sites (N-methyl/N-ethyl adjacent to an activating group) is 1. The van der Waals surface area contributed by atoms with E-state index in [0.717, 1.165) is 6.54 Å². The van der Waals surface area contributed by atoms with E-state index in [1.165, 1.54) is 12.8 Å². The molecule has 5 heteroatoms. The average molecular weight is 228 g/mol. The predicted molar refractivity (Wildman–Crippen MR) is 63.9 cm³/mol. The van der Waals surface area contributed by atoms with Crippen molar-refractivity contribution in [3.05, 3.63) is 0 Å². The molecule has 5 atom stereocenters. The van der Waals surface area contributed by atoms with Crippen LogP contribution in [-0.2, 0) is 4.74 Å². The van der Waals surface area contributed by atoms with Gasteiger partial charge in [-0.15, -0.1) is 0 Å². The number of likely N-dealkylation sites (tertiary alicyclic amines) is 1. The first-order chi connectivity index (χ1) is 7.61. The Balaban J connectivity index is 1.73. The Hall–Kier alpha value is -0.200. The van der Waals surface area contributed by atoms with Crippen LogP contribution in [0.15, 0.2) is 0 Å². The maximum Gasteiger partial charge on any atom is 0.137 e. The summed E-state index contributed by atoms with van der Waals surface area (Å²) in [4.78, 5) is 2.35. The first kappa shape index (κ1) is 12.3. The molecule has 0 aromatic rings. The van der Waals surface area contributed by atoms with Crippen molar-refractivity contribution >= 4 is 0 Å². The zero-order valence-electron chi connectivity index (χ0n) is 10.4. The summed E-state index contributed by atoms with van der Waals surface area (Å²) in [5.74, 6) is 0. The normalized spacial score (nSPS) is 42.0. The standard InChI is InChI=1S/C11H24N4O/c1-7(12)10-11(16-10)14-8-4-5-9(13-2)15(3)6-8/h7-11,13-14H,4-6,12H2,1-3H3.